The average molecular weight is 485 g/mol. The smallest absolute Gasteiger partial charge is 0.251 e. The summed E-state index contributed by atoms with van der Waals surface area (Å²) in [6.45, 7) is 12.5. The van der Waals surface area contributed by atoms with Crippen LogP contribution in [0.2, 0.25) is 0 Å². The number of anilines is 1. The Hall–Kier alpha value is -3.60. The second-order valence-corrected chi connectivity index (χ2v) is 10.7. The van der Waals surface area contributed by atoms with Crippen molar-refractivity contribution in [2.75, 3.05) is 5.32 Å². The number of aryl methyl sites for hydroxylation is 2. The molecule has 0 radical (unpaired) electrons. The van der Waals surface area contributed by atoms with Crippen LogP contribution in [0.5, 0.6) is 0 Å². The summed E-state index contributed by atoms with van der Waals surface area (Å²) in [5.74, 6) is 0.287. The summed E-state index contributed by atoms with van der Waals surface area (Å²) in [4.78, 5) is 29.9. The molecular weight excluding hydrogens is 448 g/mol. The lowest BCUT2D eigenvalue weighted by Crippen LogP contribution is -2.42. The predicted molar refractivity (Wildman–Crippen MR) is 143 cm³/mol. The number of hydrogen-bond donors (Lipinski definition) is 1. The van der Waals surface area contributed by atoms with Gasteiger partial charge in [-0.05, 0) is 67.9 Å². The van der Waals surface area contributed by atoms with Crippen LogP contribution < -0.4 is 5.32 Å². The van der Waals surface area contributed by atoms with Crippen LogP contribution in [0.4, 0.5) is 5.69 Å². The fraction of sp³-hybridized carbons (Fsp3) is 0.355. The quantitative estimate of drug-likeness (QED) is 0.356. The Morgan fingerprint density at radius 2 is 1.67 bits per heavy atom. The molecule has 2 aromatic carbocycles. The Kier molecular flexibility index (Phi) is 7.21. The molecule has 188 valence electrons. The topological polar surface area (TPSA) is 62.6 Å². The number of carbonyl (C=O) groups excluding carboxylic acids is 2. The molecule has 2 amide bonds. The molecule has 0 spiro atoms. The zero-order chi connectivity index (χ0) is 26.0. The Bertz CT molecular complexity index is 1230. The van der Waals surface area contributed by atoms with E-state index in [0.29, 0.717) is 5.76 Å². The van der Waals surface area contributed by atoms with E-state index < -0.39 is 6.04 Å². The molecule has 5 heteroatoms. The van der Waals surface area contributed by atoms with Gasteiger partial charge in [0.2, 0.25) is 5.91 Å². The zero-order valence-electron chi connectivity index (χ0n) is 22.0. The van der Waals surface area contributed by atoms with Crippen molar-refractivity contribution in [2.24, 2.45) is 17.3 Å². The van der Waals surface area contributed by atoms with Crippen LogP contribution in [-0.2, 0) is 16.1 Å². The van der Waals surface area contributed by atoms with Gasteiger partial charge in [0, 0.05) is 5.69 Å². The van der Waals surface area contributed by atoms with E-state index in [2.05, 4.69) is 39.1 Å². The van der Waals surface area contributed by atoms with Gasteiger partial charge in [0.1, 0.15) is 11.8 Å². The number of hydrogen-bond acceptors (Lipinski definition) is 3. The number of allylic oxidation sites excluding steroid dienone is 2. The maximum absolute atomic E-state index is 14.2. The summed E-state index contributed by atoms with van der Waals surface area (Å²) in [6, 6.07) is 18.3. The van der Waals surface area contributed by atoms with E-state index in [4.69, 9.17) is 4.42 Å². The van der Waals surface area contributed by atoms with E-state index in [-0.39, 0.29) is 35.6 Å². The van der Waals surface area contributed by atoms with Crippen molar-refractivity contribution in [1.82, 2.24) is 4.90 Å². The fourth-order valence-corrected chi connectivity index (χ4v) is 5.18. The Morgan fingerprint density at radius 3 is 2.25 bits per heavy atom. The van der Waals surface area contributed by atoms with Crippen LogP contribution >= 0.6 is 0 Å². The predicted octanol–water partition coefficient (Wildman–Crippen LogP) is 6.84. The molecular formula is C31H36N2O3. The molecule has 36 heavy (non-hydrogen) atoms. The van der Waals surface area contributed by atoms with Crippen LogP contribution in [0.15, 0.2) is 83.0 Å². The van der Waals surface area contributed by atoms with Gasteiger partial charge in [-0.3, -0.25) is 9.59 Å². The second kappa shape index (κ2) is 10.2. The van der Waals surface area contributed by atoms with Gasteiger partial charge < -0.3 is 14.6 Å². The van der Waals surface area contributed by atoms with Gasteiger partial charge in [-0.25, -0.2) is 0 Å². The third-order valence-electron chi connectivity index (χ3n) is 7.28. The van der Waals surface area contributed by atoms with Gasteiger partial charge in [0.15, 0.2) is 0 Å². The first-order valence-electron chi connectivity index (χ1n) is 12.5. The molecule has 5 nitrogen and oxygen atoms in total. The van der Waals surface area contributed by atoms with Crippen molar-refractivity contribution >= 4 is 17.5 Å². The lowest BCUT2D eigenvalue weighted by atomic mass is 10.0. The third kappa shape index (κ3) is 5.15. The largest absolute Gasteiger partial charge is 0.467 e. The lowest BCUT2D eigenvalue weighted by Gasteiger charge is -2.32. The molecule has 0 aliphatic heterocycles. The second-order valence-electron chi connectivity index (χ2n) is 10.7. The van der Waals surface area contributed by atoms with E-state index in [9.17, 15) is 9.59 Å². The highest BCUT2D eigenvalue weighted by Crippen LogP contribution is 2.60. The first-order chi connectivity index (χ1) is 17.1. The number of para-hydroxylation sites is 1. The van der Waals surface area contributed by atoms with E-state index in [1.165, 1.54) is 5.57 Å². The van der Waals surface area contributed by atoms with E-state index in [1.807, 2.05) is 68.4 Å². The third-order valence-corrected chi connectivity index (χ3v) is 7.28. The standard InChI is InChI=1S/C31H36N2O3/c1-20(2)18-25-26(31(25,5)6)30(35)33(19-24-16-11-17-36-24)28(23-14-8-7-9-15-23)29(34)32-27-21(3)12-10-13-22(27)4/h7-18,25-26,28H,19H2,1-6H3,(H,32,34)/t25-,26+,28+/m0/s1. The van der Waals surface area contributed by atoms with Gasteiger partial charge in [-0.1, -0.05) is 74.0 Å². The molecule has 1 aliphatic rings. The minimum atomic E-state index is -0.813. The van der Waals surface area contributed by atoms with E-state index in [1.54, 1.807) is 17.2 Å². The SMILES string of the molecule is CC(C)=C[C@H]1[C@H](C(=O)N(Cc2ccco2)[C@@H](C(=O)Nc2c(C)cccc2C)c2ccccc2)C1(C)C. The van der Waals surface area contributed by atoms with Crippen LogP contribution in [0, 0.1) is 31.1 Å². The van der Waals surface area contributed by atoms with E-state index in [0.717, 1.165) is 22.4 Å². The maximum atomic E-state index is 14.2. The zero-order valence-corrected chi connectivity index (χ0v) is 22.0. The van der Waals surface area contributed by atoms with Gasteiger partial charge >= 0.3 is 0 Å². The molecule has 0 unspecified atom stereocenters. The van der Waals surface area contributed by atoms with Crippen molar-refractivity contribution in [1.29, 1.82) is 0 Å². The molecule has 0 bridgehead atoms. The molecule has 1 saturated carbocycles. The van der Waals surface area contributed by atoms with Gasteiger partial charge in [-0.15, -0.1) is 0 Å². The van der Waals surface area contributed by atoms with Crippen molar-refractivity contribution in [3.05, 3.63) is 101 Å². The highest BCUT2D eigenvalue weighted by atomic mass is 16.3. The average Bonchev–Trinajstić information content (AvgIpc) is 3.14. The monoisotopic (exact) mass is 484 g/mol. The van der Waals surface area contributed by atoms with E-state index >= 15 is 0 Å². The summed E-state index contributed by atoms with van der Waals surface area (Å²) in [6.07, 6.45) is 3.78. The normalized spacial score (nSPS) is 18.7. The highest BCUT2D eigenvalue weighted by molar-refractivity contribution is 5.99. The Morgan fingerprint density at radius 1 is 1.00 bits per heavy atom. The van der Waals surface area contributed by atoms with Crippen molar-refractivity contribution < 1.29 is 14.0 Å². The molecule has 1 fully saturated rings. The molecule has 1 aliphatic carbocycles. The molecule has 1 heterocycles. The van der Waals surface area contributed by atoms with Crippen molar-refractivity contribution in [3.8, 4) is 0 Å². The summed E-state index contributed by atoms with van der Waals surface area (Å²) >= 11 is 0. The van der Waals surface area contributed by atoms with Gasteiger partial charge in [-0.2, -0.15) is 0 Å². The van der Waals surface area contributed by atoms with Gasteiger partial charge in [0.05, 0.1) is 18.7 Å². The summed E-state index contributed by atoms with van der Waals surface area (Å²) in [5, 5.41) is 3.14. The Balaban J connectivity index is 1.76. The van der Waals surface area contributed by atoms with Crippen molar-refractivity contribution in [3.63, 3.8) is 0 Å². The van der Waals surface area contributed by atoms with Crippen LogP contribution in [-0.4, -0.2) is 16.7 Å². The number of amides is 2. The van der Waals surface area contributed by atoms with Crippen LogP contribution in [0.3, 0.4) is 0 Å². The molecule has 3 aromatic rings. The van der Waals surface area contributed by atoms with Gasteiger partial charge in [0.25, 0.3) is 5.91 Å². The van der Waals surface area contributed by atoms with Crippen LogP contribution in [0.1, 0.15) is 56.2 Å². The van der Waals surface area contributed by atoms with Crippen LogP contribution in [0.25, 0.3) is 0 Å². The molecule has 4 rings (SSSR count). The molecule has 0 saturated heterocycles. The number of furan rings is 1. The summed E-state index contributed by atoms with van der Waals surface area (Å²) in [7, 11) is 0. The first kappa shape index (κ1) is 25.5. The number of nitrogens with zero attached hydrogens (tertiary/aromatic N) is 1. The number of benzene rings is 2. The minimum absolute atomic E-state index is 0.0376. The fourth-order valence-electron chi connectivity index (χ4n) is 5.18. The number of rotatable bonds is 8. The highest BCUT2D eigenvalue weighted by Gasteiger charge is 2.62. The summed E-state index contributed by atoms with van der Waals surface area (Å²) in [5.41, 5.74) is 4.51. The number of carbonyl (C=O) groups is 2. The number of nitrogens with one attached hydrogen (secondary N) is 1. The van der Waals surface area contributed by atoms with Crippen molar-refractivity contribution in [2.45, 2.75) is 54.1 Å². The molecule has 1 N–H and O–H groups in total. The lowest BCUT2D eigenvalue weighted by molar-refractivity contribution is -0.142. The minimum Gasteiger partial charge on any atom is -0.467 e. The molecule has 1 aromatic heterocycles. The maximum Gasteiger partial charge on any atom is 0.251 e. The first-order valence-corrected chi connectivity index (χ1v) is 12.5. The molecule has 3 atom stereocenters. The Labute approximate surface area is 214 Å². The summed E-state index contributed by atoms with van der Waals surface area (Å²) < 4.78 is 5.64.